The lowest BCUT2D eigenvalue weighted by Crippen LogP contribution is -2.42. The second kappa shape index (κ2) is 7.56. The molecule has 0 saturated heterocycles. The Morgan fingerprint density at radius 2 is 2.21 bits per heavy atom. The summed E-state index contributed by atoms with van der Waals surface area (Å²) in [6.07, 6.45) is 3.66. The molecule has 0 aliphatic rings. The average molecular weight is 267 g/mol. The molecule has 6 heteroatoms. The molecule has 0 spiro atoms. The number of carbonyl (C=O) groups is 2. The fourth-order valence-corrected chi connectivity index (χ4v) is 1.64. The third kappa shape index (κ3) is 5.11. The topological polar surface area (TPSA) is 75.4 Å². The van der Waals surface area contributed by atoms with Crippen LogP contribution in [0.15, 0.2) is 16.9 Å². The van der Waals surface area contributed by atoms with Gasteiger partial charge in [0.15, 0.2) is 5.82 Å². The first kappa shape index (κ1) is 15.2. The minimum Gasteiger partial charge on any atom is -0.363 e. The van der Waals surface area contributed by atoms with Crippen LogP contribution < -0.4 is 5.32 Å². The van der Waals surface area contributed by atoms with E-state index in [2.05, 4.69) is 15.0 Å². The Morgan fingerprint density at radius 3 is 2.74 bits per heavy atom. The highest BCUT2D eigenvalue weighted by Crippen LogP contribution is 2.07. The summed E-state index contributed by atoms with van der Waals surface area (Å²) in [4.78, 5) is 25.4. The molecule has 1 rings (SSSR count). The lowest BCUT2D eigenvalue weighted by molar-refractivity contribution is -0.136. The van der Waals surface area contributed by atoms with Crippen molar-refractivity contribution in [3.05, 3.63) is 12.3 Å². The normalized spacial score (nSPS) is 10.5. The van der Waals surface area contributed by atoms with Gasteiger partial charge in [-0.1, -0.05) is 18.5 Å². The Kier molecular flexibility index (Phi) is 6.05. The van der Waals surface area contributed by atoms with Gasteiger partial charge in [-0.05, 0) is 20.3 Å². The summed E-state index contributed by atoms with van der Waals surface area (Å²) in [7, 11) is 0. The minimum atomic E-state index is -0.271. The van der Waals surface area contributed by atoms with E-state index in [4.69, 9.17) is 0 Å². The summed E-state index contributed by atoms with van der Waals surface area (Å²) < 4.78 is 4.62. The molecule has 0 aliphatic carbocycles. The molecule has 1 aromatic rings. The zero-order chi connectivity index (χ0) is 14.3. The van der Waals surface area contributed by atoms with Gasteiger partial charge in [-0.25, -0.2) is 0 Å². The first-order valence-electron chi connectivity index (χ1n) is 6.54. The van der Waals surface area contributed by atoms with Gasteiger partial charge in [-0.3, -0.25) is 9.59 Å². The van der Waals surface area contributed by atoms with E-state index in [1.54, 1.807) is 11.0 Å². The van der Waals surface area contributed by atoms with Crippen LogP contribution in [0.2, 0.25) is 0 Å². The molecule has 1 aromatic heterocycles. The van der Waals surface area contributed by atoms with Crippen molar-refractivity contribution in [3.63, 3.8) is 0 Å². The van der Waals surface area contributed by atoms with Gasteiger partial charge in [-0.2, -0.15) is 0 Å². The molecule has 0 aliphatic heterocycles. The molecule has 1 N–H and O–H groups in total. The Hall–Kier alpha value is -1.85. The summed E-state index contributed by atoms with van der Waals surface area (Å²) in [5.74, 6) is 0.0920. The minimum absolute atomic E-state index is 0.00662. The summed E-state index contributed by atoms with van der Waals surface area (Å²) >= 11 is 0. The number of hydrogen-bond acceptors (Lipinski definition) is 4. The molecule has 0 fully saturated rings. The molecular formula is C13H21N3O3. The van der Waals surface area contributed by atoms with Crippen LogP contribution in [0.4, 0.5) is 5.82 Å². The van der Waals surface area contributed by atoms with E-state index in [9.17, 15) is 9.59 Å². The van der Waals surface area contributed by atoms with Crippen LogP contribution in [0, 0.1) is 0 Å². The predicted octanol–water partition coefficient (Wildman–Crippen LogP) is 2.04. The van der Waals surface area contributed by atoms with Crippen molar-refractivity contribution in [2.45, 2.75) is 46.1 Å². The lowest BCUT2D eigenvalue weighted by atomic mass is 10.2. The maximum absolute atomic E-state index is 12.0. The first-order chi connectivity index (χ1) is 9.04. The van der Waals surface area contributed by atoms with E-state index in [1.165, 1.54) is 6.26 Å². The summed E-state index contributed by atoms with van der Waals surface area (Å²) in [6.45, 7) is 5.86. The van der Waals surface area contributed by atoms with Crippen LogP contribution in [0.1, 0.15) is 40.0 Å². The Labute approximate surface area is 113 Å². The number of carbonyl (C=O) groups excluding carboxylic acids is 2. The molecule has 1 heterocycles. The lowest BCUT2D eigenvalue weighted by Gasteiger charge is -2.26. The van der Waals surface area contributed by atoms with Crippen LogP contribution in [0.3, 0.4) is 0 Å². The van der Waals surface area contributed by atoms with Gasteiger partial charge >= 0.3 is 0 Å². The standard InChI is InChI=1S/C13H21N3O3/c1-4-5-6-13(18)16(10(2)3)9-12(17)14-11-7-8-19-15-11/h7-8,10H,4-6,9H2,1-3H3,(H,14,15,17). The maximum atomic E-state index is 12.0. The third-order valence-corrected chi connectivity index (χ3v) is 2.71. The average Bonchev–Trinajstić information content (AvgIpc) is 2.85. The SMILES string of the molecule is CCCCC(=O)N(CC(=O)Nc1ccon1)C(C)C. The third-order valence-electron chi connectivity index (χ3n) is 2.71. The van der Waals surface area contributed by atoms with Crippen molar-refractivity contribution in [1.82, 2.24) is 10.1 Å². The van der Waals surface area contributed by atoms with Gasteiger partial charge in [0, 0.05) is 18.5 Å². The van der Waals surface area contributed by atoms with Crippen molar-refractivity contribution in [3.8, 4) is 0 Å². The molecule has 0 saturated carbocycles. The van der Waals surface area contributed by atoms with Crippen LogP contribution in [0.5, 0.6) is 0 Å². The molecule has 0 bridgehead atoms. The van der Waals surface area contributed by atoms with Crippen LogP contribution >= 0.6 is 0 Å². The van der Waals surface area contributed by atoms with Crippen molar-refractivity contribution in [2.75, 3.05) is 11.9 Å². The number of nitrogens with one attached hydrogen (secondary N) is 1. The molecule has 106 valence electrons. The van der Waals surface area contributed by atoms with E-state index >= 15 is 0 Å². The van der Waals surface area contributed by atoms with Crippen LogP contribution in [-0.4, -0.2) is 34.5 Å². The van der Waals surface area contributed by atoms with E-state index in [-0.39, 0.29) is 24.4 Å². The van der Waals surface area contributed by atoms with E-state index < -0.39 is 0 Å². The molecule has 0 radical (unpaired) electrons. The number of aromatic nitrogens is 1. The van der Waals surface area contributed by atoms with Crippen molar-refractivity contribution in [1.29, 1.82) is 0 Å². The monoisotopic (exact) mass is 267 g/mol. The zero-order valence-corrected chi connectivity index (χ0v) is 11.7. The van der Waals surface area contributed by atoms with Gasteiger partial charge in [-0.15, -0.1) is 0 Å². The Balaban J connectivity index is 2.53. The second-order valence-electron chi connectivity index (χ2n) is 4.65. The molecular weight excluding hydrogens is 246 g/mol. The Bertz CT molecular complexity index is 401. The van der Waals surface area contributed by atoms with Crippen molar-refractivity contribution in [2.24, 2.45) is 0 Å². The van der Waals surface area contributed by atoms with E-state index in [1.807, 2.05) is 20.8 Å². The predicted molar refractivity (Wildman–Crippen MR) is 71.5 cm³/mol. The van der Waals surface area contributed by atoms with Crippen molar-refractivity contribution >= 4 is 17.6 Å². The molecule has 2 amide bonds. The number of nitrogens with zero attached hydrogens (tertiary/aromatic N) is 2. The highest BCUT2D eigenvalue weighted by Gasteiger charge is 2.19. The number of hydrogen-bond donors (Lipinski definition) is 1. The second-order valence-corrected chi connectivity index (χ2v) is 4.65. The van der Waals surface area contributed by atoms with Gasteiger partial charge in [0.1, 0.15) is 12.8 Å². The highest BCUT2D eigenvalue weighted by atomic mass is 16.5. The highest BCUT2D eigenvalue weighted by molar-refractivity contribution is 5.93. The zero-order valence-electron chi connectivity index (χ0n) is 11.7. The van der Waals surface area contributed by atoms with Crippen LogP contribution in [0.25, 0.3) is 0 Å². The number of unbranched alkanes of at least 4 members (excludes halogenated alkanes) is 1. The number of anilines is 1. The fourth-order valence-electron chi connectivity index (χ4n) is 1.64. The quantitative estimate of drug-likeness (QED) is 0.820. The van der Waals surface area contributed by atoms with Gasteiger partial charge in [0.25, 0.3) is 0 Å². The molecule has 0 unspecified atom stereocenters. The summed E-state index contributed by atoms with van der Waals surface area (Å²) in [5.41, 5.74) is 0. The van der Waals surface area contributed by atoms with Gasteiger partial charge < -0.3 is 14.7 Å². The largest absolute Gasteiger partial charge is 0.363 e. The molecule has 6 nitrogen and oxygen atoms in total. The van der Waals surface area contributed by atoms with Crippen molar-refractivity contribution < 1.29 is 14.1 Å². The summed E-state index contributed by atoms with van der Waals surface area (Å²) in [6, 6.07) is 1.55. The molecule has 0 aromatic carbocycles. The number of rotatable bonds is 7. The van der Waals surface area contributed by atoms with Gasteiger partial charge in [0.05, 0.1) is 0 Å². The fraction of sp³-hybridized carbons (Fsp3) is 0.615. The molecule has 19 heavy (non-hydrogen) atoms. The van der Waals surface area contributed by atoms with Gasteiger partial charge in [0.2, 0.25) is 11.8 Å². The van der Waals surface area contributed by atoms with Crippen LogP contribution in [-0.2, 0) is 9.59 Å². The smallest absolute Gasteiger partial charge is 0.245 e. The maximum Gasteiger partial charge on any atom is 0.245 e. The molecule has 0 atom stereocenters. The van der Waals surface area contributed by atoms with E-state index in [0.29, 0.717) is 12.2 Å². The van der Waals surface area contributed by atoms with E-state index in [0.717, 1.165) is 12.8 Å². The first-order valence-corrected chi connectivity index (χ1v) is 6.54. The summed E-state index contributed by atoms with van der Waals surface area (Å²) in [5, 5.41) is 6.17. The Morgan fingerprint density at radius 1 is 1.47 bits per heavy atom. The number of amides is 2.